The standard InChI is InChI=1S/C19H15N3O3/c23-18-14-10-17(22-15(14)5-7-21-18)12-4-6-20-16(9-12)11-2-1-3-13(8-11)19(24)25/h1-4,6,8-10,22H,5,7H2,(H,21,23)(H,24,25). The summed E-state index contributed by atoms with van der Waals surface area (Å²) in [5, 5.41) is 12.0. The third-order valence-electron chi connectivity index (χ3n) is 4.28. The van der Waals surface area contributed by atoms with Crippen molar-refractivity contribution in [3.8, 4) is 22.5 Å². The Morgan fingerprint density at radius 3 is 2.80 bits per heavy atom. The average molecular weight is 333 g/mol. The Balaban J connectivity index is 1.74. The molecular weight excluding hydrogens is 318 g/mol. The van der Waals surface area contributed by atoms with Gasteiger partial charge in [-0.2, -0.15) is 0 Å². The van der Waals surface area contributed by atoms with Gasteiger partial charge < -0.3 is 15.4 Å². The van der Waals surface area contributed by atoms with E-state index < -0.39 is 5.97 Å². The Hall–Kier alpha value is -3.41. The van der Waals surface area contributed by atoms with Crippen LogP contribution < -0.4 is 5.32 Å². The summed E-state index contributed by atoms with van der Waals surface area (Å²) < 4.78 is 0. The van der Waals surface area contributed by atoms with Gasteiger partial charge in [0, 0.05) is 41.7 Å². The molecule has 3 N–H and O–H groups in total. The van der Waals surface area contributed by atoms with Crippen LogP contribution in [-0.2, 0) is 6.42 Å². The smallest absolute Gasteiger partial charge is 0.335 e. The zero-order chi connectivity index (χ0) is 17.4. The quantitative estimate of drug-likeness (QED) is 0.687. The fourth-order valence-corrected chi connectivity index (χ4v) is 3.02. The van der Waals surface area contributed by atoms with Crippen LogP contribution in [0.25, 0.3) is 22.5 Å². The molecule has 0 radical (unpaired) electrons. The van der Waals surface area contributed by atoms with Gasteiger partial charge in [0.15, 0.2) is 0 Å². The van der Waals surface area contributed by atoms with Crippen molar-refractivity contribution in [1.29, 1.82) is 0 Å². The SMILES string of the molecule is O=C(O)c1cccc(-c2cc(-c3cc4c([nH]3)CCNC4=O)ccn2)c1. The monoisotopic (exact) mass is 333 g/mol. The largest absolute Gasteiger partial charge is 0.478 e. The number of amides is 1. The Bertz CT molecular complexity index is 991. The fourth-order valence-electron chi connectivity index (χ4n) is 3.02. The number of aromatic amines is 1. The summed E-state index contributed by atoms with van der Waals surface area (Å²) in [6.07, 6.45) is 2.46. The highest BCUT2D eigenvalue weighted by atomic mass is 16.4. The molecule has 0 saturated carbocycles. The maximum atomic E-state index is 11.9. The molecule has 1 amide bonds. The zero-order valence-corrected chi connectivity index (χ0v) is 13.2. The lowest BCUT2D eigenvalue weighted by atomic mass is 10.0. The summed E-state index contributed by atoms with van der Waals surface area (Å²) in [6, 6.07) is 12.3. The predicted octanol–water partition coefficient (Wildman–Crippen LogP) is 2.73. The molecule has 4 rings (SSSR count). The number of carbonyl (C=O) groups is 2. The average Bonchev–Trinajstić information content (AvgIpc) is 3.08. The molecule has 6 nitrogen and oxygen atoms in total. The predicted molar refractivity (Wildman–Crippen MR) is 92.5 cm³/mol. The number of rotatable bonds is 3. The van der Waals surface area contributed by atoms with Crippen molar-refractivity contribution in [3.63, 3.8) is 0 Å². The molecule has 0 spiro atoms. The van der Waals surface area contributed by atoms with Crippen LogP contribution >= 0.6 is 0 Å². The first-order valence-electron chi connectivity index (χ1n) is 7.92. The van der Waals surface area contributed by atoms with Crippen LogP contribution in [0.5, 0.6) is 0 Å². The van der Waals surface area contributed by atoms with Gasteiger partial charge in [0.25, 0.3) is 5.91 Å². The van der Waals surface area contributed by atoms with Gasteiger partial charge in [0.1, 0.15) is 0 Å². The summed E-state index contributed by atoms with van der Waals surface area (Å²) in [4.78, 5) is 30.7. The molecule has 1 aliphatic heterocycles. The van der Waals surface area contributed by atoms with Crippen molar-refractivity contribution < 1.29 is 14.7 Å². The maximum absolute atomic E-state index is 11.9. The maximum Gasteiger partial charge on any atom is 0.335 e. The van der Waals surface area contributed by atoms with Crippen molar-refractivity contribution in [2.75, 3.05) is 6.54 Å². The van der Waals surface area contributed by atoms with E-state index in [2.05, 4.69) is 15.3 Å². The highest BCUT2D eigenvalue weighted by molar-refractivity contribution is 5.97. The van der Waals surface area contributed by atoms with E-state index in [1.807, 2.05) is 24.3 Å². The van der Waals surface area contributed by atoms with E-state index in [9.17, 15) is 9.59 Å². The second-order valence-electron chi connectivity index (χ2n) is 5.90. The van der Waals surface area contributed by atoms with Crippen molar-refractivity contribution >= 4 is 11.9 Å². The number of hydrogen-bond donors (Lipinski definition) is 3. The number of carboxylic acid groups (broad SMARTS) is 1. The van der Waals surface area contributed by atoms with Crippen molar-refractivity contribution in [3.05, 3.63) is 65.5 Å². The fraction of sp³-hybridized carbons (Fsp3) is 0.105. The van der Waals surface area contributed by atoms with Crippen LogP contribution in [0.3, 0.4) is 0 Å². The van der Waals surface area contributed by atoms with Crippen LogP contribution in [0, 0.1) is 0 Å². The van der Waals surface area contributed by atoms with Gasteiger partial charge in [0.05, 0.1) is 16.8 Å². The Morgan fingerprint density at radius 1 is 1.12 bits per heavy atom. The highest BCUT2D eigenvalue weighted by Crippen LogP contribution is 2.27. The molecule has 3 aromatic rings. The Labute approximate surface area is 143 Å². The van der Waals surface area contributed by atoms with Gasteiger partial charge in [-0.15, -0.1) is 0 Å². The van der Waals surface area contributed by atoms with Gasteiger partial charge in [-0.25, -0.2) is 4.79 Å². The topological polar surface area (TPSA) is 95.1 Å². The third kappa shape index (κ3) is 2.78. The number of hydrogen-bond acceptors (Lipinski definition) is 3. The molecule has 3 heterocycles. The van der Waals surface area contributed by atoms with Crippen LogP contribution in [0.15, 0.2) is 48.7 Å². The van der Waals surface area contributed by atoms with Crippen molar-refractivity contribution in [2.45, 2.75) is 6.42 Å². The zero-order valence-electron chi connectivity index (χ0n) is 13.2. The van der Waals surface area contributed by atoms with Gasteiger partial charge in [0.2, 0.25) is 0 Å². The Morgan fingerprint density at radius 2 is 2.00 bits per heavy atom. The number of fused-ring (bicyclic) bond motifs is 1. The number of nitrogens with zero attached hydrogens (tertiary/aromatic N) is 1. The number of carbonyl (C=O) groups excluding carboxylic acids is 1. The van der Waals surface area contributed by atoms with Crippen LogP contribution in [-0.4, -0.2) is 33.5 Å². The second kappa shape index (κ2) is 5.90. The van der Waals surface area contributed by atoms with Crippen molar-refractivity contribution in [2.24, 2.45) is 0 Å². The van der Waals surface area contributed by atoms with Crippen molar-refractivity contribution in [1.82, 2.24) is 15.3 Å². The molecule has 6 heteroatoms. The summed E-state index contributed by atoms with van der Waals surface area (Å²) in [6.45, 7) is 0.634. The van der Waals surface area contributed by atoms with Gasteiger partial charge in [-0.1, -0.05) is 12.1 Å². The van der Waals surface area contributed by atoms with E-state index in [4.69, 9.17) is 5.11 Å². The van der Waals surface area contributed by atoms with Crippen LogP contribution in [0.2, 0.25) is 0 Å². The number of benzene rings is 1. The molecule has 1 aliphatic rings. The minimum Gasteiger partial charge on any atom is -0.478 e. The first kappa shape index (κ1) is 15.1. The molecule has 0 atom stereocenters. The molecule has 0 saturated heterocycles. The molecule has 25 heavy (non-hydrogen) atoms. The lowest BCUT2D eigenvalue weighted by Crippen LogP contribution is -2.31. The van der Waals surface area contributed by atoms with Crippen LogP contribution in [0.4, 0.5) is 0 Å². The number of pyridine rings is 1. The minimum absolute atomic E-state index is 0.0628. The third-order valence-corrected chi connectivity index (χ3v) is 4.28. The summed E-state index contributed by atoms with van der Waals surface area (Å²) in [5.41, 5.74) is 4.98. The number of aromatic nitrogens is 2. The molecular formula is C19H15N3O3. The molecule has 0 aliphatic carbocycles. The molecule has 0 unspecified atom stereocenters. The van der Waals surface area contributed by atoms with E-state index in [0.29, 0.717) is 17.8 Å². The number of carboxylic acids is 1. The molecule has 0 bridgehead atoms. The molecule has 1 aromatic carbocycles. The lowest BCUT2D eigenvalue weighted by Gasteiger charge is -2.10. The number of nitrogens with one attached hydrogen (secondary N) is 2. The Kier molecular flexibility index (Phi) is 3.57. The number of aromatic carboxylic acids is 1. The molecule has 0 fully saturated rings. The highest BCUT2D eigenvalue weighted by Gasteiger charge is 2.20. The molecule has 124 valence electrons. The first-order valence-corrected chi connectivity index (χ1v) is 7.92. The van der Waals surface area contributed by atoms with E-state index in [1.165, 1.54) is 0 Å². The van der Waals surface area contributed by atoms with Gasteiger partial charge >= 0.3 is 5.97 Å². The summed E-state index contributed by atoms with van der Waals surface area (Å²) in [5.74, 6) is -1.03. The molecule has 2 aromatic heterocycles. The number of H-pyrrole nitrogens is 1. The van der Waals surface area contributed by atoms with E-state index >= 15 is 0 Å². The summed E-state index contributed by atoms with van der Waals surface area (Å²) >= 11 is 0. The van der Waals surface area contributed by atoms with E-state index in [-0.39, 0.29) is 11.5 Å². The van der Waals surface area contributed by atoms with Crippen LogP contribution in [0.1, 0.15) is 26.4 Å². The summed E-state index contributed by atoms with van der Waals surface area (Å²) in [7, 11) is 0. The minimum atomic E-state index is -0.971. The van der Waals surface area contributed by atoms with E-state index in [1.54, 1.807) is 24.4 Å². The first-order chi connectivity index (χ1) is 12.1. The van der Waals surface area contributed by atoms with E-state index in [0.717, 1.165) is 28.9 Å². The van der Waals surface area contributed by atoms with Gasteiger partial charge in [-0.05, 0) is 30.3 Å². The normalized spacial score (nSPS) is 13.2. The lowest BCUT2D eigenvalue weighted by molar-refractivity contribution is 0.0696. The van der Waals surface area contributed by atoms with Gasteiger partial charge in [-0.3, -0.25) is 9.78 Å². The second-order valence-corrected chi connectivity index (χ2v) is 5.90.